The average molecular weight is 282 g/mol. The molecule has 1 N–H and O–H groups in total. The molecular weight excluding hydrogens is 268 g/mol. The van der Waals surface area contributed by atoms with Crippen LogP contribution in [0.25, 0.3) is 10.8 Å². The predicted octanol–water partition coefficient (Wildman–Crippen LogP) is 1.77. The van der Waals surface area contributed by atoms with Crippen molar-refractivity contribution in [2.24, 2.45) is 0 Å². The summed E-state index contributed by atoms with van der Waals surface area (Å²) in [6.45, 7) is 0.589. The topological polar surface area (TPSA) is 64.1 Å². The van der Waals surface area contributed by atoms with Crippen molar-refractivity contribution in [3.63, 3.8) is 0 Å². The fourth-order valence-electron chi connectivity index (χ4n) is 2.18. The van der Waals surface area contributed by atoms with E-state index in [0.717, 1.165) is 5.75 Å². The lowest BCUT2D eigenvalue weighted by molar-refractivity contribution is 0.288. The van der Waals surface area contributed by atoms with Crippen LogP contribution in [0.15, 0.2) is 64.2 Å². The van der Waals surface area contributed by atoms with Gasteiger partial charge in [-0.05, 0) is 24.3 Å². The summed E-state index contributed by atoms with van der Waals surface area (Å²) < 4.78 is 6.82. The zero-order valence-electron chi connectivity index (χ0n) is 11.3. The molecule has 0 spiro atoms. The number of rotatable bonds is 4. The molecule has 0 fully saturated rings. The minimum Gasteiger partial charge on any atom is -0.492 e. The van der Waals surface area contributed by atoms with Gasteiger partial charge in [0.1, 0.15) is 12.4 Å². The monoisotopic (exact) mass is 282 g/mol. The molecule has 1 heterocycles. The van der Waals surface area contributed by atoms with Crippen LogP contribution in [0.4, 0.5) is 0 Å². The molecule has 0 aliphatic rings. The smallest absolute Gasteiger partial charge is 0.273 e. The van der Waals surface area contributed by atoms with Crippen LogP contribution < -0.4 is 15.9 Å². The van der Waals surface area contributed by atoms with Crippen LogP contribution in [0.2, 0.25) is 0 Å². The van der Waals surface area contributed by atoms with Crippen molar-refractivity contribution in [1.29, 1.82) is 0 Å². The molecule has 106 valence electrons. The van der Waals surface area contributed by atoms with Crippen LogP contribution in [0.3, 0.4) is 0 Å². The van der Waals surface area contributed by atoms with E-state index in [-0.39, 0.29) is 17.7 Å². The second kappa shape index (κ2) is 5.66. The van der Waals surface area contributed by atoms with E-state index in [4.69, 9.17) is 4.74 Å². The molecular formula is C16H14N2O3. The molecule has 5 nitrogen and oxygen atoms in total. The number of nitrogens with zero attached hydrogens (tertiary/aromatic N) is 1. The van der Waals surface area contributed by atoms with E-state index in [0.29, 0.717) is 17.4 Å². The van der Waals surface area contributed by atoms with Gasteiger partial charge < -0.3 is 4.74 Å². The van der Waals surface area contributed by atoms with E-state index in [9.17, 15) is 9.59 Å². The Balaban J connectivity index is 1.83. The molecule has 2 aromatic carbocycles. The normalized spacial score (nSPS) is 10.7. The second-order valence-corrected chi connectivity index (χ2v) is 4.60. The number of nitrogens with one attached hydrogen (secondary N) is 1. The fraction of sp³-hybridized carbons (Fsp3) is 0.125. The summed E-state index contributed by atoms with van der Waals surface area (Å²) in [5, 5.41) is 3.40. The highest BCUT2D eigenvalue weighted by Crippen LogP contribution is 2.08. The van der Waals surface area contributed by atoms with Gasteiger partial charge in [-0.25, -0.2) is 4.68 Å². The van der Waals surface area contributed by atoms with E-state index in [1.807, 2.05) is 30.3 Å². The lowest BCUT2D eigenvalue weighted by Crippen LogP contribution is -2.31. The Morgan fingerprint density at radius 1 is 0.905 bits per heavy atom. The Kier molecular flexibility index (Phi) is 3.55. The highest BCUT2D eigenvalue weighted by atomic mass is 16.5. The van der Waals surface area contributed by atoms with Gasteiger partial charge in [0.05, 0.1) is 17.3 Å². The standard InChI is InChI=1S/C16H14N2O3/c19-15-13-8-4-5-9-14(13)16(20)18(17-15)10-11-21-12-6-2-1-3-7-12/h1-9H,10-11H2,(H,17,19). The summed E-state index contributed by atoms with van der Waals surface area (Å²) in [6.07, 6.45) is 0. The van der Waals surface area contributed by atoms with Gasteiger partial charge in [-0.1, -0.05) is 30.3 Å². The second-order valence-electron chi connectivity index (χ2n) is 4.60. The highest BCUT2D eigenvalue weighted by molar-refractivity contribution is 5.80. The molecule has 0 atom stereocenters. The van der Waals surface area contributed by atoms with E-state index in [1.165, 1.54) is 4.68 Å². The summed E-state index contributed by atoms with van der Waals surface area (Å²) in [6, 6.07) is 16.1. The first kappa shape index (κ1) is 13.2. The van der Waals surface area contributed by atoms with Crippen LogP contribution >= 0.6 is 0 Å². The SMILES string of the molecule is O=c1[nH]n(CCOc2ccccc2)c(=O)c2ccccc12. The molecule has 0 saturated carbocycles. The number of ether oxygens (including phenoxy) is 1. The number of H-pyrrole nitrogens is 1. The van der Waals surface area contributed by atoms with Crippen molar-refractivity contribution >= 4 is 10.8 Å². The molecule has 0 aliphatic heterocycles. The van der Waals surface area contributed by atoms with Gasteiger partial charge in [-0.15, -0.1) is 0 Å². The molecule has 1 aromatic heterocycles. The van der Waals surface area contributed by atoms with Gasteiger partial charge in [0.2, 0.25) is 0 Å². The predicted molar refractivity (Wildman–Crippen MR) is 80.8 cm³/mol. The minimum atomic E-state index is -0.273. The summed E-state index contributed by atoms with van der Waals surface area (Å²) in [4.78, 5) is 24.2. The molecule has 0 radical (unpaired) electrons. The van der Waals surface area contributed by atoms with E-state index < -0.39 is 0 Å². The minimum absolute atomic E-state index is 0.220. The molecule has 0 amide bonds. The lowest BCUT2D eigenvalue weighted by Gasteiger charge is -2.08. The summed E-state index contributed by atoms with van der Waals surface area (Å²) in [5.74, 6) is 0.730. The molecule has 3 rings (SSSR count). The molecule has 3 aromatic rings. The van der Waals surface area contributed by atoms with Gasteiger partial charge >= 0.3 is 0 Å². The lowest BCUT2D eigenvalue weighted by atomic mass is 10.2. The first-order chi connectivity index (χ1) is 10.3. The number of hydrogen-bond donors (Lipinski definition) is 1. The number of benzene rings is 2. The molecule has 0 bridgehead atoms. The van der Waals surface area contributed by atoms with Crippen molar-refractivity contribution in [3.8, 4) is 5.75 Å². The molecule has 0 unspecified atom stereocenters. The van der Waals surface area contributed by atoms with E-state index in [1.54, 1.807) is 24.3 Å². The Bertz CT molecular complexity index is 866. The molecule has 0 saturated heterocycles. The zero-order chi connectivity index (χ0) is 14.7. The van der Waals surface area contributed by atoms with Crippen LogP contribution in [-0.2, 0) is 6.54 Å². The van der Waals surface area contributed by atoms with Gasteiger partial charge in [0, 0.05) is 0 Å². The number of aromatic amines is 1. The average Bonchev–Trinajstić information content (AvgIpc) is 2.53. The third-order valence-electron chi connectivity index (χ3n) is 3.21. The first-order valence-electron chi connectivity index (χ1n) is 6.65. The van der Waals surface area contributed by atoms with Crippen LogP contribution in [0.5, 0.6) is 5.75 Å². The molecule has 5 heteroatoms. The molecule has 21 heavy (non-hydrogen) atoms. The van der Waals surface area contributed by atoms with Gasteiger partial charge in [-0.2, -0.15) is 0 Å². The van der Waals surface area contributed by atoms with Gasteiger partial charge in [-0.3, -0.25) is 14.7 Å². The van der Waals surface area contributed by atoms with Crippen molar-refractivity contribution < 1.29 is 4.74 Å². The third-order valence-corrected chi connectivity index (χ3v) is 3.21. The quantitative estimate of drug-likeness (QED) is 0.793. The maximum Gasteiger partial charge on any atom is 0.273 e. The number of para-hydroxylation sites is 1. The van der Waals surface area contributed by atoms with Gasteiger partial charge in [0.25, 0.3) is 11.1 Å². The van der Waals surface area contributed by atoms with Crippen molar-refractivity contribution in [2.45, 2.75) is 6.54 Å². The zero-order valence-corrected chi connectivity index (χ0v) is 11.3. The fourth-order valence-corrected chi connectivity index (χ4v) is 2.18. The third kappa shape index (κ3) is 2.72. The van der Waals surface area contributed by atoms with Crippen LogP contribution in [-0.4, -0.2) is 16.4 Å². The Morgan fingerprint density at radius 3 is 2.33 bits per heavy atom. The maximum absolute atomic E-state index is 12.3. The van der Waals surface area contributed by atoms with Crippen molar-refractivity contribution in [2.75, 3.05) is 6.61 Å². The summed E-state index contributed by atoms with van der Waals surface area (Å²) in [5.41, 5.74) is -0.494. The van der Waals surface area contributed by atoms with Crippen molar-refractivity contribution in [1.82, 2.24) is 9.78 Å². The summed E-state index contributed by atoms with van der Waals surface area (Å²) >= 11 is 0. The first-order valence-corrected chi connectivity index (χ1v) is 6.65. The highest BCUT2D eigenvalue weighted by Gasteiger charge is 2.06. The largest absolute Gasteiger partial charge is 0.492 e. The number of hydrogen-bond acceptors (Lipinski definition) is 3. The Hall–Kier alpha value is -2.82. The maximum atomic E-state index is 12.3. The number of fused-ring (bicyclic) bond motifs is 1. The van der Waals surface area contributed by atoms with E-state index in [2.05, 4.69) is 5.10 Å². The van der Waals surface area contributed by atoms with Crippen LogP contribution in [0, 0.1) is 0 Å². The van der Waals surface area contributed by atoms with Crippen molar-refractivity contribution in [3.05, 3.63) is 75.3 Å². The Morgan fingerprint density at radius 2 is 1.57 bits per heavy atom. The summed E-state index contributed by atoms with van der Waals surface area (Å²) in [7, 11) is 0. The number of aromatic nitrogens is 2. The van der Waals surface area contributed by atoms with Gasteiger partial charge in [0.15, 0.2) is 0 Å². The molecule has 0 aliphatic carbocycles. The van der Waals surface area contributed by atoms with Crippen LogP contribution in [0.1, 0.15) is 0 Å². The van der Waals surface area contributed by atoms with E-state index >= 15 is 0 Å². The Labute approximate surface area is 120 Å².